The first-order chi connectivity index (χ1) is 14.2. The van der Waals surface area contributed by atoms with Gasteiger partial charge < -0.3 is 29.0 Å². The van der Waals surface area contributed by atoms with Crippen molar-refractivity contribution in [3.8, 4) is 34.6 Å². The van der Waals surface area contributed by atoms with E-state index in [0.29, 0.717) is 45.9 Å². The number of hydrogen-bond donors (Lipinski definition) is 1. The average molecular weight is 394 g/mol. The van der Waals surface area contributed by atoms with Gasteiger partial charge in [-0.2, -0.15) is 0 Å². The normalized spacial score (nSPS) is 11.7. The van der Waals surface area contributed by atoms with E-state index >= 15 is 0 Å². The van der Waals surface area contributed by atoms with Crippen LogP contribution >= 0.6 is 0 Å². The fourth-order valence-corrected chi connectivity index (χ4v) is 2.76. The second-order valence-electron chi connectivity index (χ2n) is 6.02. The summed E-state index contributed by atoms with van der Waals surface area (Å²) in [6, 6.07) is 13.6. The van der Waals surface area contributed by atoms with Crippen molar-refractivity contribution in [1.82, 2.24) is 4.98 Å². The van der Waals surface area contributed by atoms with Crippen molar-refractivity contribution < 1.29 is 28.5 Å². The number of amides is 1. The molecule has 1 amide bonds. The standard InChI is InChI=1S/C21H18N2O6/c1-25-14-4-6-16(18(9-14)26-2)21(24)23-13-3-8-20(22-11-13)29-15-5-7-17-19(10-15)28-12-27-17/h3-11H,12H2,1-2H3,(H,23,24). The zero-order valence-corrected chi connectivity index (χ0v) is 15.8. The average Bonchev–Trinajstić information content (AvgIpc) is 3.22. The molecule has 0 atom stereocenters. The zero-order valence-electron chi connectivity index (χ0n) is 15.8. The third-order valence-corrected chi connectivity index (χ3v) is 4.21. The van der Waals surface area contributed by atoms with Crippen LogP contribution in [0.25, 0.3) is 0 Å². The third kappa shape index (κ3) is 4.01. The van der Waals surface area contributed by atoms with Crippen LogP contribution in [0, 0.1) is 0 Å². The Bertz CT molecular complexity index is 1040. The van der Waals surface area contributed by atoms with Crippen molar-refractivity contribution in [3.63, 3.8) is 0 Å². The monoisotopic (exact) mass is 394 g/mol. The van der Waals surface area contributed by atoms with Gasteiger partial charge in [0.15, 0.2) is 11.5 Å². The summed E-state index contributed by atoms with van der Waals surface area (Å²) in [5.74, 6) is 2.95. The Kier molecular flexibility index (Phi) is 5.07. The number of anilines is 1. The molecule has 0 saturated carbocycles. The van der Waals surface area contributed by atoms with Crippen LogP contribution < -0.4 is 29.0 Å². The van der Waals surface area contributed by atoms with Crippen molar-refractivity contribution in [2.45, 2.75) is 0 Å². The number of aromatic nitrogens is 1. The first kappa shape index (κ1) is 18.4. The van der Waals surface area contributed by atoms with Gasteiger partial charge in [0.05, 0.1) is 31.7 Å². The van der Waals surface area contributed by atoms with Crippen molar-refractivity contribution >= 4 is 11.6 Å². The van der Waals surface area contributed by atoms with Crippen LogP contribution in [0.1, 0.15) is 10.4 Å². The molecule has 0 radical (unpaired) electrons. The van der Waals surface area contributed by atoms with Crippen LogP contribution in [0.2, 0.25) is 0 Å². The van der Waals surface area contributed by atoms with E-state index in [4.69, 9.17) is 23.7 Å². The van der Waals surface area contributed by atoms with E-state index in [9.17, 15) is 4.79 Å². The molecule has 8 heteroatoms. The molecule has 2 aromatic carbocycles. The molecule has 8 nitrogen and oxygen atoms in total. The van der Waals surface area contributed by atoms with Crippen molar-refractivity contribution in [2.75, 3.05) is 26.3 Å². The molecule has 29 heavy (non-hydrogen) atoms. The van der Waals surface area contributed by atoms with Gasteiger partial charge in [0.25, 0.3) is 5.91 Å². The minimum absolute atomic E-state index is 0.199. The Balaban J connectivity index is 1.43. The molecule has 0 fully saturated rings. The number of nitrogens with zero attached hydrogens (tertiary/aromatic N) is 1. The molecule has 148 valence electrons. The van der Waals surface area contributed by atoms with Crippen LogP contribution in [0.15, 0.2) is 54.7 Å². The van der Waals surface area contributed by atoms with Crippen LogP contribution in [0.3, 0.4) is 0 Å². The Morgan fingerprint density at radius 3 is 2.55 bits per heavy atom. The van der Waals surface area contributed by atoms with E-state index in [1.807, 2.05) is 0 Å². The van der Waals surface area contributed by atoms with Crippen LogP contribution in [-0.4, -0.2) is 31.9 Å². The van der Waals surface area contributed by atoms with Gasteiger partial charge >= 0.3 is 0 Å². The van der Waals surface area contributed by atoms with Gasteiger partial charge in [0, 0.05) is 18.2 Å². The topological polar surface area (TPSA) is 88.1 Å². The molecule has 0 saturated heterocycles. The Labute approximate surface area is 166 Å². The molecule has 0 bridgehead atoms. The number of methoxy groups -OCH3 is 2. The lowest BCUT2D eigenvalue weighted by Gasteiger charge is -2.11. The van der Waals surface area contributed by atoms with E-state index in [1.165, 1.54) is 13.3 Å². The summed E-state index contributed by atoms with van der Waals surface area (Å²) in [4.78, 5) is 16.8. The second-order valence-corrected chi connectivity index (χ2v) is 6.02. The smallest absolute Gasteiger partial charge is 0.259 e. The van der Waals surface area contributed by atoms with Crippen molar-refractivity contribution in [1.29, 1.82) is 0 Å². The molecule has 0 unspecified atom stereocenters. The lowest BCUT2D eigenvalue weighted by atomic mass is 10.1. The van der Waals surface area contributed by atoms with E-state index in [0.717, 1.165) is 0 Å². The number of ether oxygens (including phenoxy) is 5. The first-order valence-corrected chi connectivity index (χ1v) is 8.73. The van der Waals surface area contributed by atoms with E-state index in [2.05, 4.69) is 10.3 Å². The van der Waals surface area contributed by atoms with Crippen LogP contribution in [0.4, 0.5) is 5.69 Å². The van der Waals surface area contributed by atoms with Gasteiger partial charge in [-0.15, -0.1) is 0 Å². The zero-order chi connectivity index (χ0) is 20.2. The Morgan fingerprint density at radius 2 is 1.79 bits per heavy atom. The molecule has 0 aliphatic carbocycles. The first-order valence-electron chi connectivity index (χ1n) is 8.73. The number of hydrogen-bond acceptors (Lipinski definition) is 7. The van der Waals surface area contributed by atoms with Gasteiger partial charge in [-0.05, 0) is 30.3 Å². The van der Waals surface area contributed by atoms with E-state index in [1.54, 1.807) is 55.6 Å². The highest BCUT2D eigenvalue weighted by Crippen LogP contribution is 2.36. The molecule has 1 aliphatic rings. The molecule has 4 rings (SSSR count). The van der Waals surface area contributed by atoms with Crippen LogP contribution in [0.5, 0.6) is 34.6 Å². The minimum atomic E-state index is -0.323. The Hall–Kier alpha value is -3.94. The highest BCUT2D eigenvalue weighted by atomic mass is 16.7. The number of nitrogens with one attached hydrogen (secondary N) is 1. The molecule has 0 spiro atoms. The molecule has 1 aliphatic heterocycles. The van der Waals surface area contributed by atoms with Crippen molar-refractivity contribution in [3.05, 3.63) is 60.3 Å². The van der Waals surface area contributed by atoms with Crippen LogP contribution in [-0.2, 0) is 0 Å². The fraction of sp³-hybridized carbons (Fsp3) is 0.143. The molecular weight excluding hydrogens is 376 g/mol. The second kappa shape index (κ2) is 7.97. The SMILES string of the molecule is COc1ccc(C(=O)Nc2ccc(Oc3ccc4c(c3)OCO4)nc2)c(OC)c1. The summed E-state index contributed by atoms with van der Waals surface area (Å²) in [5, 5.41) is 2.78. The maximum Gasteiger partial charge on any atom is 0.259 e. The fourth-order valence-electron chi connectivity index (χ4n) is 2.76. The Morgan fingerprint density at radius 1 is 0.966 bits per heavy atom. The predicted molar refractivity (Wildman–Crippen MR) is 104 cm³/mol. The predicted octanol–water partition coefficient (Wildman–Crippen LogP) is 3.87. The third-order valence-electron chi connectivity index (χ3n) is 4.21. The van der Waals surface area contributed by atoms with Gasteiger partial charge in [0.1, 0.15) is 17.2 Å². The van der Waals surface area contributed by atoms with Crippen molar-refractivity contribution in [2.24, 2.45) is 0 Å². The van der Waals surface area contributed by atoms with E-state index < -0.39 is 0 Å². The highest BCUT2D eigenvalue weighted by Gasteiger charge is 2.15. The summed E-state index contributed by atoms with van der Waals surface area (Å²) in [6.45, 7) is 0.199. The molecule has 1 aromatic heterocycles. The molecule has 3 aromatic rings. The number of rotatable bonds is 6. The number of fused-ring (bicyclic) bond motifs is 1. The lowest BCUT2D eigenvalue weighted by Crippen LogP contribution is -2.13. The summed E-state index contributed by atoms with van der Waals surface area (Å²) >= 11 is 0. The highest BCUT2D eigenvalue weighted by molar-refractivity contribution is 6.06. The summed E-state index contributed by atoms with van der Waals surface area (Å²) in [7, 11) is 3.04. The number of carbonyl (C=O) groups excluding carboxylic acids is 1. The summed E-state index contributed by atoms with van der Waals surface area (Å²) < 4.78 is 26.7. The molecule has 1 N–H and O–H groups in total. The van der Waals surface area contributed by atoms with Gasteiger partial charge in [-0.3, -0.25) is 4.79 Å². The van der Waals surface area contributed by atoms with Gasteiger partial charge in [0.2, 0.25) is 12.7 Å². The van der Waals surface area contributed by atoms with E-state index in [-0.39, 0.29) is 12.7 Å². The molecular formula is C21H18N2O6. The largest absolute Gasteiger partial charge is 0.497 e. The van der Waals surface area contributed by atoms with Gasteiger partial charge in [-0.25, -0.2) is 4.98 Å². The maximum atomic E-state index is 12.6. The summed E-state index contributed by atoms with van der Waals surface area (Å²) in [6.07, 6.45) is 1.51. The number of benzene rings is 2. The lowest BCUT2D eigenvalue weighted by molar-refractivity contribution is 0.102. The quantitative estimate of drug-likeness (QED) is 0.679. The minimum Gasteiger partial charge on any atom is -0.497 e. The molecule has 2 heterocycles. The maximum absolute atomic E-state index is 12.6. The summed E-state index contributed by atoms with van der Waals surface area (Å²) in [5.41, 5.74) is 0.903. The van der Waals surface area contributed by atoms with Gasteiger partial charge in [-0.1, -0.05) is 0 Å². The number of carbonyl (C=O) groups is 1. The number of pyridine rings is 1.